The number of hydrogen-bond donors (Lipinski definition) is 2. The molecule has 1 fully saturated rings. The quantitative estimate of drug-likeness (QED) is 0.878. The van der Waals surface area contributed by atoms with Crippen molar-refractivity contribution >= 4 is 16.7 Å². The molecule has 2 aromatic rings. The zero-order valence-electron chi connectivity index (χ0n) is 11.3. The van der Waals surface area contributed by atoms with Gasteiger partial charge in [-0.25, -0.2) is 0 Å². The Morgan fingerprint density at radius 2 is 1.95 bits per heavy atom. The number of carbonyl (C=O) groups is 1. The number of nitrogens with one attached hydrogen (secondary N) is 1. The average molecular weight is 271 g/mol. The smallest absolute Gasteiger partial charge is 0.325 e. The third-order valence-corrected chi connectivity index (χ3v) is 3.63. The summed E-state index contributed by atoms with van der Waals surface area (Å²) >= 11 is 0. The number of rotatable bonds is 5. The Hall–Kier alpha value is -2.07. The molecule has 0 amide bonds. The monoisotopic (exact) mass is 271 g/mol. The molecule has 20 heavy (non-hydrogen) atoms. The zero-order chi connectivity index (χ0) is 14.1. The molecule has 1 saturated carbocycles. The highest BCUT2D eigenvalue weighted by Gasteiger charge is 2.29. The van der Waals surface area contributed by atoms with E-state index in [2.05, 4.69) is 5.32 Å². The van der Waals surface area contributed by atoms with Crippen LogP contribution in [0, 0.1) is 0 Å². The summed E-state index contributed by atoms with van der Waals surface area (Å²) in [5.41, 5.74) is 0.794. The number of aliphatic carboxylic acids is 1. The van der Waals surface area contributed by atoms with E-state index >= 15 is 0 Å². The van der Waals surface area contributed by atoms with E-state index in [1.54, 1.807) is 7.11 Å². The molecule has 0 radical (unpaired) electrons. The number of benzene rings is 2. The summed E-state index contributed by atoms with van der Waals surface area (Å²) in [4.78, 5) is 11.4. The van der Waals surface area contributed by atoms with E-state index in [9.17, 15) is 9.90 Å². The number of carboxylic acid groups (broad SMARTS) is 1. The number of ether oxygens (including phenoxy) is 1. The lowest BCUT2D eigenvalue weighted by molar-refractivity contribution is -0.139. The Balaban J connectivity index is 1.95. The van der Waals surface area contributed by atoms with Crippen molar-refractivity contribution in [2.24, 2.45) is 0 Å². The Kier molecular flexibility index (Phi) is 3.32. The third-order valence-electron chi connectivity index (χ3n) is 3.63. The summed E-state index contributed by atoms with van der Waals surface area (Å²) in [6, 6.07) is 11.3. The van der Waals surface area contributed by atoms with Crippen LogP contribution >= 0.6 is 0 Å². The zero-order valence-corrected chi connectivity index (χ0v) is 11.3. The van der Waals surface area contributed by atoms with Gasteiger partial charge in [-0.1, -0.05) is 18.2 Å². The summed E-state index contributed by atoms with van der Waals surface area (Å²) < 4.78 is 5.19. The largest absolute Gasteiger partial charge is 0.497 e. The summed E-state index contributed by atoms with van der Waals surface area (Å²) in [5.74, 6) is -0.0269. The molecular weight excluding hydrogens is 254 g/mol. The molecule has 4 nitrogen and oxygen atoms in total. The van der Waals surface area contributed by atoms with Crippen molar-refractivity contribution in [1.29, 1.82) is 0 Å². The highest BCUT2D eigenvalue weighted by Crippen LogP contribution is 2.27. The predicted molar refractivity (Wildman–Crippen MR) is 77.0 cm³/mol. The molecule has 0 spiro atoms. The fraction of sp³-hybridized carbons (Fsp3) is 0.312. The first kappa shape index (κ1) is 12.9. The van der Waals surface area contributed by atoms with E-state index in [1.165, 1.54) is 0 Å². The van der Waals surface area contributed by atoms with Gasteiger partial charge in [0.1, 0.15) is 11.8 Å². The predicted octanol–water partition coefficient (Wildman–Crippen LogP) is 2.73. The van der Waals surface area contributed by atoms with E-state index in [1.807, 2.05) is 36.4 Å². The lowest BCUT2D eigenvalue weighted by Gasteiger charge is -2.15. The number of hydrogen-bond acceptors (Lipinski definition) is 3. The third kappa shape index (κ3) is 2.60. The molecule has 1 aliphatic carbocycles. The summed E-state index contributed by atoms with van der Waals surface area (Å²) in [7, 11) is 1.63. The Labute approximate surface area is 117 Å². The van der Waals surface area contributed by atoms with E-state index in [0.717, 1.165) is 34.9 Å². The molecule has 1 atom stereocenters. The maximum Gasteiger partial charge on any atom is 0.325 e. The van der Waals surface area contributed by atoms with Crippen LogP contribution in [0.1, 0.15) is 24.4 Å². The number of fused-ring (bicyclic) bond motifs is 1. The Bertz CT molecular complexity index is 649. The van der Waals surface area contributed by atoms with Crippen LogP contribution in [-0.2, 0) is 4.79 Å². The van der Waals surface area contributed by atoms with Crippen LogP contribution < -0.4 is 10.1 Å². The highest BCUT2D eigenvalue weighted by atomic mass is 16.5. The first-order valence-electron chi connectivity index (χ1n) is 6.74. The lowest BCUT2D eigenvalue weighted by atomic mass is 10.0. The summed E-state index contributed by atoms with van der Waals surface area (Å²) in [6.45, 7) is 0. The molecule has 0 aromatic heterocycles. The molecule has 3 rings (SSSR count). The van der Waals surface area contributed by atoms with Crippen molar-refractivity contribution in [3.63, 3.8) is 0 Å². The van der Waals surface area contributed by atoms with Gasteiger partial charge in [-0.2, -0.15) is 0 Å². The first-order chi connectivity index (χ1) is 9.67. The molecule has 0 heterocycles. The molecule has 1 aliphatic rings. The minimum Gasteiger partial charge on any atom is -0.497 e. The van der Waals surface area contributed by atoms with Crippen LogP contribution in [0.4, 0.5) is 0 Å². The van der Waals surface area contributed by atoms with Crippen molar-refractivity contribution in [3.05, 3.63) is 42.0 Å². The Morgan fingerprint density at radius 1 is 1.25 bits per heavy atom. The molecule has 0 saturated heterocycles. The molecule has 0 bridgehead atoms. The summed E-state index contributed by atoms with van der Waals surface area (Å²) in [6.07, 6.45) is 2.13. The standard InChI is InChI=1S/C16H17NO3/c1-20-14-7-4-10-8-12(3-2-11(10)9-14)15(16(18)19)17-13-5-6-13/h2-4,7-9,13,15,17H,5-6H2,1H3,(H,18,19). The molecule has 1 unspecified atom stereocenters. The highest BCUT2D eigenvalue weighted by molar-refractivity contribution is 5.86. The van der Waals surface area contributed by atoms with Crippen LogP contribution in [0.3, 0.4) is 0 Å². The van der Waals surface area contributed by atoms with E-state index in [4.69, 9.17) is 4.74 Å². The first-order valence-corrected chi connectivity index (χ1v) is 6.74. The second-order valence-electron chi connectivity index (χ2n) is 5.18. The fourth-order valence-electron chi connectivity index (χ4n) is 2.34. The van der Waals surface area contributed by atoms with Crippen molar-refractivity contribution in [3.8, 4) is 5.75 Å². The minimum absolute atomic E-state index is 0.350. The van der Waals surface area contributed by atoms with E-state index in [0.29, 0.717) is 6.04 Å². The fourth-order valence-corrected chi connectivity index (χ4v) is 2.34. The summed E-state index contributed by atoms with van der Waals surface area (Å²) in [5, 5.41) is 14.6. The molecule has 4 heteroatoms. The topological polar surface area (TPSA) is 58.6 Å². The van der Waals surface area contributed by atoms with Gasteiger partial charge in [-0.3, -0.25) is 10.1 Å². The molecule has 2 aromatic carbocycles. The van der Waals surface area contributed by atoms with Gasteiger partial charge in [0.2, 0.25) is 0 Å². The molecular formula is C16H17NO3. The van der Waals surface area contributed by atoms with Crippen molar-refractivity contribution < 1.29 is 14.6 Å². The van der Waals surface area contributed by atoms with Crippen molar-refractivity contribution in [2.45, 2.75) is 24.9 Å². The number of methoxy groups -OCH3 is 1. The van der Waals surface area contributed by atoms with Gasteiger partial charge in [0.05, 0.1) is 7.11 Å². The van der Waals surface area contributed by atoms with Crippen molar-refractivity contribution in [2.75, 3.05) is 7.11 Å². The van der Waals surface area contributed by atoms with Gasteiger partial charge in [-0.15, -0.1) is 0 Å². The maximum absolute atomic E-state index is 11.4. The molecule has 2 N–H and O–H groups in total. The molecule has 0 aliphatic heterocycles. The second-order valence-corrected chi connectivity index (χ2v) is 5.18. The van der Waals surface area contributed by atoms with Crippen LogP contribution in [0.15, 0.2) is 36.4 Å². The minimum atomic E-state index is -0.829. The van der Waals surface area contributed by atoms with E-state index in [-0.39, 0.29) is 0 Å². The van der Waals surface area contributed by atoms with Gasteiger partial charge in [0.15, 0.2) is 0 Å². The Morgan fingerprint density at radius 3 is 2.60 bits per heavy atom. The van der Waals surface area contributed by atoms with Crippen molar-refractivity contribution in [1.82, 2.24) is 5.32 Å². The van der Waals surface area contributed by atoms with Crippen LogP contribution in [0.25, 0.3) is 10.8 Å². The maximum atomic E-state index is 11.4. The van der Waals surface area contributed by atoms with Gasteiger partial charge >= 0.3 is 5.97 Å². The van der Waals surface area contributed by atoms with Gasteiger partial charge in [0.25, 0.3) is 0 Å². The average Bonchev–Trinajstić information content (AvgIpc) is 3.27. The van der Waals surface area contributed by atoms with Gasteiger partial charge in [0, 0.05) is 6.04 Å². The van der Waals surface area contributed by atoms with Crippen LogP contribution in [-0.4, -0.2) is 24.2 Å². The molecule has 104 valence electrons. The van der Waals surface area contributed by atoms with Crippen LogP contribution in [0.2, 0.25) is 0 Å². The normalized spacial score (nSPS) is 16.1. The van der Waals surface area contributed by atoms with Gasteiger partial charge in [-0.05, 0) is 47.4 Å². The lowest BCUT2D eigenvalue weighted by Crippen LogP contribution is -2.30. The van der Waals surface area contributed by atoms with E-state index < -0.39 is 12.0 Å². The number of carboxylic acids is 1. The SMILES string of the molecule is COc1ccc2cc(C(NC3CC3)C(=O)O)ccc2c1. The van der Waals surface area contributed by atoms with Gasteiger partial charge < -0.3 is 9.84 Å². The second kappa shape index (κ2) is 5.13. The van der Waals surface area contributed by atoms with Crippen LogP contribution in [0.5, 0.6) is 5.75 Å².